The lowest BCUT2D eigenvalue weighted by Crippen LogP contribution is -2.43. The second-order valence-corrected chi connectivity index (χ2v) is 6.64. The molecule has 0 saturated carbocycles. The number of nitrogens with zero attached hydrogens (tertiary/aromatic N) is 2. The smallest absolute Gasteiger partial charge is 0.322 e. The molecule has 156 valence electrons. The Hall–Kier alpha value is -3.88. The number of nitrogens with one attached hydrogen (secondary N) is 1. The third-order valence-electron chi connectivity index (χ3n) is 4.59. The summed E-state index contributed by atoms with van der Waals surface area (Å²) in [5, 5.41) is 20.8. The van der Waals surface area contributed by atoms with Crippen LogP contribution in [0.5, 0.6) is 5.88 Å². The zero-order chi connectivity index (χ0) is 21.7. The van der Waals surface area contributed by atoms with Gasteiger partial charge < -0.3 is 25.2 Å². The number of hydrogen-bond acceptors (Lipinski definition) is 6. The van der Waals surface area contributed by atoms with Gasteiger partial charge in [-0.15, -0.1) is 0 Å². The second-order valence-electron chi connectivity index (χ2n) is 6.64. The molecule has 0 unspecified atom stereocenters. The molecule has 1 aromatic carbocycles. The molecule has 0 spiro atoms. The van der Waals surface area contributed by atoms with Crippen molar-refractivity contribution in [2.24, 2.45) is 0 Å². The number of carboxylic acid groups (broad SMARTS) is 1. The van der Waals surface area contributed by atoms with Crippen molar-refractivity contribution in [2.75, 3.05) is 20.2 Å². The number of aliphatic carboxylic acids is 1. The highest BCUT2D eigenvalue weighted by Crippen LogP contribution is 2.23. The van der Waals surface area contributed by atoms with Gasteiger partial charge in [-0.2, -0.15) is 0 Å². The predicted molar refractivity (Wildman–Crippen MR) is 107 cm³/mol. The van der Waals surface area contributed by atoms with Crippen LogP contribution < -0.4 is 10.1 Å². The van der Waals surface area contributed by atoms with Crippen LogP contribution in [0, 0.1) is 0 Å². The number of amides is 2. The van der Waals surface area contributed by atoms with E-state index in [0.29, 0.717) is 5.88 Å². The van der Waals surface area contributed by atoms with Crippen LogP contribution in [0.25, 0.3) is 11.3 Å². The number of ether oxygens (including phenoxy) is 1. The molecule has 2 aromatic rings. The monoisotopic (exact) mass is 411 g/mol. The van der Waals surface area contributed by atoms with Crippen LogP contribution in [0.3, 0.4) is 0 Å². The van der Waals surface area contributed by atoms with E-state index in [4.69, 9.17) is 9.84 Å². The Kier molecular flexibility index (Phi) is 6.31. The fraction of sp³-hybridized carbons (Fsp3) is 0.238. The topological polar surface area (TPSA) is 129 Å². The summed E-state index contributed by atoms with van der Waals surface area (Å²) in [4.78, 5) is 41.2. The molecule has 0 atom stereocenters. The van der Waals surface area contributed by atoms with Gasteiger partial charge in [0.1, 0.15) is 17.9 Å². The van der Waals surface area contributed by atoms with E-state index in [1.807, 2.05) is 36.4 Å². The van der Waals surface area contributed by atoms with Crippen molar-refractivity contribution in [3.05, 3.63) is 59.4 Å². The fourth-order valence-corrected chi connectivity index (χ4v) is 3.06. The maximum atomic E-state index is 12.7. The van der Waals surface area contributed by atoms with Crippen LogP contribution in [0.4, 0.5) is 0 Å². The number of aliphatic hydroxyl groups is 1. The minimum Gasteiger partial charge on any atom is -0.511 e. The summed E-state index contributed by atoms with van der Waals surface area (Å²) in [6.45, 7) is -0.143. The number of methoxy groups -OCH3 is 1. The number of pyridine rings is 1. The SMILES string of the molecule is COc1cccc(-c2ccc(CN3CCC(O)=C(C(=O)NCC(=O)O)C3=O)cc2)n1. The molecule has 1 aromatic heterocycles. The largest absolute Gasteiger partial charge is 0.511 e. The summed E-state index contributed by atoms with van der Waals surface area (Å²) >= 11 is 0. The van der Waals surface area contributed by atoms with E-state index in [1.165, 1.54) is 4.90 Å². The molecule has 30 heavy (non-hydrogen) atoms. The van der Waals surface area contributed by atoms with Crippen molar-refractivity contribution in [2.45, 2.75) is 13.0 Å². The van der Waals surface area contributed by atoms with Gasteiger partial charge in [0.2, 0.25) is 5.88 Å². The molecule has 0 saturated heterocycles. The molecule has 2 amide bonds. The molecule has 0 fully saturated rings. The highest BCUT2D eigenvalue weighted by Gasteiger charge is 2.32. The zero-order valence-electron chi connectivity index (χ0n) is 16.3. The molecule has 1 aliphatic rings. The van der Waals surface area contributed by atoms with Crippen LogP contribution in [0.1, 0.15) is 12.0 Å². The quantitative estimate of drug-likeness (QED) is 0.589. The van der Waals surface area contributed by atoms with Gasteiger partial charge in [-0.3, -0.25) is 14.4 Å². The molecule has 3 rings (SSSR count). The van der Waals surface area contributed by atoms with Crippen molar-refractivity contribution < 1.29 is 29.3 Å². The van der Waals surface area contributed by atoms with Crippen LogP contribution in [-0.4, -0.2) is 58.1 Å². The van der Waals surface area contributed by atoms with Gasteiger partial charge in [-0.25, -0.2) is 4.98 Å². The van der Waals surface area contributed by atoms with Crippen molar-refractivity contribution >= 4 is 17.8 Å². The number of aromatic nitrogens is 1. The Bertz CT molecular complexity index is 1000. The van der Waals surface area contributed by atoms with Gasteiger partial charge in [-0.1, -0.05) is 30.3 Å². The normalized spacial score (nSPS) is 13.9. The van der Waals surface area contributed by atoms with Crippen LogP contribution >= 0.6 is 0 Å². The van der Waals surface area contributed by atoms with Gasteiger partial charge in [0, 0.05) is 31.1 Å². The minimum absolute atomic E-state index is 0.118. The molecule has 9 nitrogen and oxygen atoms in total. The van der Waals surface area contributed by atoms with Crippen molar-refractivity contribution in [3.63, 3.8) is 0 Å². The summed E-state index contributed by atoms with van der Waals surface area (Å²) in [7, 11) is 1.55. The van der Waals surface area contributed by atoms with Crippen molar-refractivity contribution in [1.82, 2.24) is 15.2 Å². The van der Waals surface area contributed by atoms with Gasteiger partial charge in [0.25, 0.3) is 11.8 Å². The third-order valence-corrected chi connectivity index (χ3v) is 4.59. The number of carbonyl (C=O) groups is 3. The summed E-state index contributed by atoms with van der Waals surface area (Å²) in [6, 6.07) is 12.9. The van der Waals surface area contributed by atoms with Crippen LogP contribution in [-0.2, 0) is 20.9 Å². The molecule has 3 N–H and O–H groups in total. The molecule has 1 aliphatic heterocycles. The van der Waals surface area contributed by atoms with E-state index in [1.54, 1.807) is 13.2 Å². The highest BCUT2D eigenvalue weighted by molar-refractivity contribution is 6.19. The maximum Gasteiger partial charge on any atom is 0.322 e. The van der Waals surface area contributed by atoms with Gasteiger partial charge in [0.05, 0.1) is 12.8 Å². The van der Waals surface area contributed by atoms with E-state index >= 15 is 0 Å². The lowest BCUT2D eigenvalue weighted by atomic mass is 10.0. The molecule has 0 aliphatic carbocycles. The third kappa shape index (κ3) is 4.75. The zero-order valence-corrected chi connectivity index (χ0v) is 16.3. The lowest BCUT2D eigenvalue weighted by molar-refractivity contribution is -0.138. The molecular weight excluding hydrogens is 390 g/mol. The molecule has 9 heteroatoms. The number of benzene rings is 1. The molecule has 0 radical (unpaired) electrons. The first kappa shape index (κ1) is 20.8. The summed E-state index contributed by atoms with van der Waals surface area (Å²) in [6.07, 6.45) is 0.118. The van der Waals surface area contributed by atoms with Crippen molar-refractivity contribution in [3.8, 4) is 17.1 Å². The predicted octanol–water partition coefficient (Wildman–Crippen LogP) is 1.50. The van der Waals surface area contributed by atoms with E-state index < -0.39 is 29.9 Å². The minimum atomic E-state index is -1.24. The highest BCUT2D eigenvalue weighted by atomic mass is 16.5. The molecule has 2 heterocycles. The first-order chi connectivity index (χ1) is 14.4. The van der Waals surface area contributed by atoms with Gasteiger partial charge in [-0.05, 0) is 11.6 Å². The van der Waals surface area contributed by atoms with E-state index in [-0.39, 0.29) is 25.3 Å². The average molecular weight is 411 g/mol. The lowest BCUT2D eigenvalue weighted by Gasteiger charge is -2.28. The number of rotatable bonds is 7. The Morgan fingerprint density at radius 3 is 2.60 bits per heavy atom. The van der Waals surface area contributed by atoms with E-state index in [9.17, 15) is 19.5 Å². The fourth-order valence-electron chi connectivity index (χ4n) is 3.06. The number of carboxylic acids is 1. The van der Waals surface area contributed by atoms with Crippen molar-refractivity contribution in [1.29, 1.82) is 0 Å². The van der Waals surface area contributed by atoms with Gasteiger partial charge >= 0.3 is 5.97 Å². The van der Waals surface area contributed by atoms with Crippen LogP contribution in [0.15, 0.2) is 53.8 Å². The Morgan fingerprint density at radius 2 is 1.93 bits per heavy atom. The number of aliphatic hydroxyl groups excluding tert-OH is 1. The van der Waals surface area contributed by atoms with Crippen LogP contribution in [0.2, 0.25) is 0 Å². The summed E-state index contributed by atoms with van der Waals surface area (Å²) < 4.78 is 5.14. The maximum absolute atomic E-state index is 12.7. The van der Waals surface area contributed by atoms with E-state index in [2.05, 4.69) is 10.3 Å². The Morgan fingerprint density at radius 1 is 1.20 bits per heavy atom. The summed E-state index contributed by atoms with van der Waals surface area (Å²) in [5.74, 6) is -2.60. The second kappa shape index (κ2) is 9.08. The number of hydrogen-bond donors (Lipinski definition) is 3. The Labute approximate surface area is 172 Å². The Balaban J connectivity index is 1.71. The number of carbonyl (C=O) groups excluding carboxylic acids is 2. The van der Waals surface area contributed by atoms with E-state index in [0.717, 1.165) is 16.8 Å². The molecule has 0 bridgehead atoms. The standard InChI is InChI=1S/C21H21N3O6/c1-30-17-4-2-3-15(23-17)14-7-5-13(6-8-14)12-24-10-9-16(25)19(21(24)29)20(28)22-11-18(26)27/h2-8,25H,9-12H2,1H3,(H,22,28)(H,26,27). The summed E-state index contributed by atoms with van der Waals surface area (Å²) in [5.41, 5.74) is 2.05. The first-order valence-electron chi connectivity index (χ1n) is 9.20. The average Bonchev–Trinajstić information content (AvgIpc) is 2.75. The first-order valence-corrected chi connectivity index (χ1v) is 9.20. The molecular formula is C21H21N3O6. The van der Waals surface area contributed by atoms with Gasteiger partial charge in [0.15, 0.2) is 0 Å².